The van der Waals surface area contributed by atoms with E-state index in [1.165, 1.54) is 23.0 Å². The molecule has 6 heteroatoms. The molecular weight excluding hydrogens is 330 g/mol. The van der Waals surface area contributed by atoms with Crippen LogP contribution in [0.15, 0.2) is 52.3 Å². The summed E-state index contributed by atoms with van der Waals surface area (Å²) >= 11 is 0. The number of hydrogen-bond donors (Lipinski definition) is 1. The molecule has 3 aromatic rings. The van der Waals surface area contributed by atoms with E-state index in [0.717, 1.165) is 16.8 Å². The Morgan fingerprint density at radius 1 is 1.12 bits per heavy atom. The van der Waals surface area contributed by atoms with Gasteiger partial charge in [-0.2, -0.15) is 0 Å². The van der Waals surface area contributed by atoms with Gasteiger partial charge < -0.3 is 9.90 Å². The van der Waals surface area contributed by atoms with Gasteiger partial charge in [0.2, 0.25) is 0 Å². The number of aliphatic imine (C=N–C) groups is 1. The van der Waals surface area contributed by atoms with Crippen molar-refractivity contribution >= 4 is 17.9 Å². The lowest BCUT2D eigenvalue weighted by Gasteiger charge is -2.05. The van der Waals surface area contributed by atoms with Gasteiger partial charge in [0.05, 0.1) is 22.9 Å². The zero-order chi connectivity index (χ0) is 18.8. The van der Waals surface area contributed by atoms with Crippen LogP contribution in [0.1, 0.15) is 32.7 Å². The molecule has 0 radical (unpaired) electrons. The van der Waals surface area contributed by atoms with Gasteiger partial charge in [-0.15, -0.1) is 0 Å². The summed E-state index contributed by atoms with van der Waals surface area (Å²) in [6.45, 7) is 5.80. The van der Waals surface area contributed by atoms with Gasteiger partial charge >= 0.3 is 0 Å². The van der Waals surface area contributed by atoms with Gasteiger partial charge in [0, 0.05) is 11.9 Å². The predicted octanol–water partition coefficient (Wildman–Crippen LogP) is 2.20. The Hall–Kier alpha value is -3.41. The van der Waals surface area contributed by atoms with Crippen LogP contribution < -0.4 is 10.7 Å². The molecule has 0 unspecified atom stereocenters. The summed E-state index contributed by atoms with van der Waals surface area (Å²) in [5, 5.41) is 14.0. The first-order valence-electron chi connectivity index (χ1n) is 8.11. The fraction of sp³-hybridized carbons (Fsp3) is 0.150. The average molecular weight is 348 g/mol. The molecular formula is C20H18N3O3-. The van der Waals surface area contributed by atoms with Crippen LogP contribution in [0.2, 0.25) is 0 Å². The summed E-state index contributed by atoms with van der Waals surface area (Å²) in [5.41, 5.74) is 4.35. The number of aromatic amines is 1. The van der Waals surface area contributed by atoms with Gasteiger partial charge in [-0.05, 0) is 61.7 Å². The van der Waals surface area contributed by atoms with Crippen molar-refractivity contribution in [2.75, 3.05) is 0 Å². The Balaban J connectivity index is 1.98. The number of benzene rings is 2. The van der Waals surface area contributed by atoms with Crippen LogP contribution in [-0.2, 0) is 0 Å². The summed E-state index contributed by atoms with van der Waals surface area (Å²) in [6, 6.07) is 11.9. The highest BCUT2D eigenvalue weighted by Crippen LogP contribution is 2.15. The minimum Gasteiger partial charge on any atom is -0.545 e. The average Bonchev–Trinajstić information content (AvgIpc) is 2.90. The number of carboxylic acids is 1. The molecule has 0 atom stereocenters. The second kappa shape index (κ2) is 6.84. The molecule has 1 heterocycles. The molecule has 0 saturated carbocycles. The molecule has 0 aliphatic heterocycles. The second-order valence-corrected chi connectivity index (χ2v) is 6.16. The lowest BCUT2D eigenvalue weighted by Crippen LogP contribution is -2.21. The normalized spacial score (nSPS) is 11.2. The summed E-state index contributed by atoms with van der Waals surface area (Å²) in [7, 11) is 0. The Labute approximate surface area is 150 Å². The topological polar surface area (TPSA) is 90.3 Å². The fourth-order valence-corrected chi connectivity index (χ4v) is 2.61. The van der Waals surface area contributed by atoms with Crippen LogP contribution in [0.25, 0.3) is 5.69 Å². The van der Waals surface area contributed by atoms with Crippen molar-refractivity contribution < 1.29 is 9.90 Å². The Morgan fingerprint density at radius 2 is 1.88 bits per heavy atom. The van der Waals surface area contributed by atoms with E-state index in [2.05, 4.69) is 10.1 Å². The maximum absolute atomic E-state index is 12.7. The third kappa shape index (κ3) is 3.35. The largest absolute Gasteiger partial charge is 0.545 e. The molecule has 1 aromatic heterocycles. The van der Waals surface area contributed by atoms with E-state index in [9.17, 15) is 14.7 Å². The first-order valence-corrected chi connectivity index (χ1v) is 8.11. The van der Waals surface area contributed by atoms with Gasteiger partial charge in [-0.3, -0.25) is 14.9 Å². The Kier molecular flexibility index (Phi) is 4.58. The highest BCUT2D eigenvalue weighted by Gasteiger charge is 2.11. The lowest BCUT2D eigenvalue weighted by atomic mass is 10.1. The second-order valence-electron chi connectivity index (χ2n) is 6.16. The van der Waals surface area contributed by atoms with Crippen LogP contribution in [0, 0.1) is 20.8 Å². The molecule has 26 heavy (non-hydrogen) atoms. The zero-order valence-electron chi connectivity index (χ0n) is 14.7. The molecule has 6 nitrogen and oxygen atoms in total. The number of aromatic carboxylic acids is 1. The molecule has 0 aliphatic rings. The molecule has 0 saturated heterocycles. The third-order valence-electron chi connectivity index (χ3n) is 4.29. The van der Waals surface area contributed by atoms with E-state index < -0.39 is 5.97 Å². The van der Waals surface area contributed by atoms with Crippen molar-refractivity contribution in [3.8, 4) is 5.69 Å². The first-order chi connectivity index (χ1) is 12.4. The minimum atomic E-state index is -1.27. The number of rotatable bonds is 4. The monoisotopic (exact) mass is 348 g/mol. The van der Waals surface area contributed by atoms with E-state index in [1.54, 1.807) is 19.1 Å². The summed E-state index contributed by atoms with van der Waals surface area (Å²) in [5.74, 6) is -1.27. The maximum Gasteiger partial charge on any atom is 0.280 e. The minimum absolute atomic E-state index is 0.0398. The number of nitrogens with one attached hydrogen (secondary N) is 1. The van der Waals surface area contributed by atoms with Crippen molar-refractivity contribution in [2.24, 2.45) is 4.99 Å². The van der Waals surface area contributed by atoms with Crippen molar-refractivity contribution in [3.05, 3.63) is 80.8 Å². The van der Waals surface area contributed by atoms with Crippen molar-refractivity contribution in [1.82, 2.24) is 9.78 Å². The van der Waals surface area contributed by atoms with Crippen molar-refractivity contribution in [2.45, 2.75) is 20.8 Å². The first kappa shape index (κ1) is 17.4. The van der Waals surface area contributed by atoms with E-state index >= 15 is 0 Å². The van der Waals surface area contributed by atoms with E-state index in [0.29, 0.717) is 16.9 Å². The summed E-state index contributed by atoms with van der Waals surface area (Å²) in [6.07, 6.45) is 1.44. The number of hydrogen-bond acceptors (Lipinski definition) is 4. The number of nitrogens with zero attached hydrogens (tertiary/aromatic N) is 2. The maximum atomic E-state index is 12.7. The van der Waals surface area contributed by atoms with Gasteiger partial charge in [-0.1, -0.05) is 18.2 Å². The molecule has 3 rings (SSSR count). The highest BCUT2D eigenvalue weighted by molar-refractivity contribution is 5.88. The predicted molar refractivity (Wildman–Crippen MR) is 98.6 cm³/mol. The summed E-state index contributed by atoms with van der Waals surface area (Å²) in [4.78, 5) is 27.9. The third-order valence-corrected chi connectivity index (χ3v) is 4.29. The molecule has 0 fully saturated rings. The molecule has 1 N–H and O–H groups in total. The quantitative estimate of drug-likeness (QED) is 0.733. The number of aryl methyl sites for hydroxylation is 3. The van der Waals surface area contributed by atoms with Gasteiger partial charge in [0.25, 0.3) is 5.56 Å². The van der Waals surface area contributed by atoms with Crippen LogP contribution >= 0.6 is 0 Å². The molecule has 0 amide bonds. The molecule has 132 valence electrons. The number of aromatic nitrogens is 2. The van der Waals surface area contributed by atoms with Crippen molar-refractivity contribution in [3.63, 3.8) is 0 Å². The van der Waals surface area contributed by atoms with Crippen LogP contribution in [0.3, 0.4) is 0 Å². The molecule has 0 spiro atoms. The van der Waals surface area contributed by atoms with Gasteiger partial charge in [0.1, 0.15) is 0 Å². The summed E-state index contributed by atoms with van der Waals surface area (Å²) < 4.78 is 1.47. The Bertz CT molecular complexity index is 1070. The van der Waals surface area contributed by atoms with Crippen molar-refractivity contribution in [1.29, 1.82) is 0 Å². The zero-order valence-corrected chi connectivity index (χ0v) is 14.7. The fourth-order valence-electron chi connectivity index (χ4n) is 2.61. The van der Waals surface area contributed by atoms with E-state index in [-0.39, 0.29) is 11.1 Å². The number of carbonyl (C=O) groups excluding carboxylic acids is 1. The number of carboxylic acid groups (broad SMARTS) is 1. The standard InChI is InChI=1S/C20H19N3O3/c1-12-7-8-17(9-13(12)2)23-19(24)18(14(3)22-23)11-21-16-6-4-5-15(10-16)20(25)26/h4-11,22H,1-3H3,(H,25,26)/p-1. The highest BCUT2D eigenvalue weighted by atomic mass is 16.4. The van der Waals surface area contributed by atoms with E-state index in [4.69, 9.17) is 0 Å². The van der Waals surface area contributed by atoms with E-state index in [1.807, 2.05) is 32.0 Å². The van der Waals surface area contributed by atoms with Crippen LogP contribution in [-0.4, -0.2) is 22.0 Å². The van der Waals surface area contributed by atoms with Crippen LogP contribution in [0.5, 0.6) is 0 Å². The Morgan fingerprint density at radius 3 is 2.58 bits per heavy atom. The molecule has 0 aliphatic carbocycles. The molecule has 2 aromatic carbocycles. The number of H-pyrrole nitrogens is 1. The van der Waals surface area contributed by atoms with Gasteiger partial charge in [0.15, 0.2) is 0 Å². The molecule has 0 bridgehead atoms. The van der Waals surface area contributed by atoms with Gasteiger partial charge in [-0.25, -0.2) is 4.68 Å². The van der Waals surface area contributed by atoms with Crippen LogP contribution in [0.4, 0.5) is 5.69 Å². The smallest absolute Gasteiger partial charge is 0.280 e. The lowest BCUT2D eigenvalue weighted by molar-refractivity contribution is -0.255. The number of carbonyl (C=O) groups is 1. The SMILES string of the molecule is Cc1ccc(-n2[nH]c(C)c(C=Nc3cccc(C(=O)[O-])c3)c2=O)cc1C.